The van der Waals surface area contributed by atoms with Crippen LogP contribution in [0.15, 0.2) is 16.7 Å². The van der Waals surface area contributed by atoms with Crippen molar-refractivity contribution >= 4 is 27.4 Å². The summed E-state index contributed by atoms with van der Waals surface area (Å²) in [4.78, 5) is 6.70. The van der Waals surface area contributed by atoms with E-state index >= 15 is 0 Å². The maximum Gasteiger partial charge on any atom is 0.151 e. The van der Waals surface area contributed by atoms with Crippen LogP contribution in [0, 0.1) is 5.92 Å². The Labute approximate surface area is 105 Å². The molecule has 0 saturated heterocycles. The van der Waals surface area contributed by atoms with Crippen LogP contribution in [0.5, 0.6) is 0 Å². The van der Waals surface area contributed by atoms with Crippen molar-refractivity contribution in [3.05, 3.63) is 16.7 Å². The summed E-state index contributed by atoms with van der Waals surface area (Å²) in [7, 11) is 0. The fourth-order valence-corrected chi connectivity index (χ4v) is 2.41. The highest BCUT2D eigenvalue weighted by Gasteiger charge is 2.21. The molecule has 0 atom stereocenters. The van der Waals surface area contributed by atoms with Crippen LogP contribution < -0.4 is 10.6 Å². The van der Waals surface area contributed by atoms with E-state index in [-0.39, 0.29) is 0 Å². The number of nitrogens with zero attached hydrogens (tertiary/aromatic N) is 2. The molecule has 4 heteroatoms. The molecule has 2 rings (SSSR count). The minimum absolute atomic E-state index is 0.760. The molecule has 2 N–H and O–H groups in total. The molecule has 1 aliphatic carbocycles. The maximum absolute atomic E-state index is 6.00. The van der Waals surface area contributed by atoms with Gasteiger partial charge in [0.25, 0.3) is 0 Å². The van der Waals surface area contributed by atoms with Crippen LogP contribution in [0.1, 0.15) is 26.2 Å². The molecule has 88 valence electrons. The summed E-state index contributed by atoms with van der Waals surface area (Å²) < 4.78 is 0.938. The number of hydrogen-bond acceptors (Lipinski definition) is 3. The number of aromatic nitrogens is 1. The van der Waals surface area contributed by atoms with E-state index in [1.807, 2.05) is 12.3 Å². The molecule has 1 aromatic heterocycles. The van der Waals surface area contributed by atoms with Gasteiger partial charge in [0.05, 0.1) is 5.69 Å². The number of hydrogen-bond donors (Lipinski definition) is 1. The van der Waals surface area contributed by atoms with Crippen molar-refractivity contribution in [2.75, 3.05) is 23.7 Å². The first-order valence-electron chi connectivity index (χ1n) is 5.86. The van der Waals surface area contributed by atoms with Gasteiger partial charge in [-0.05, 0) is 47.7 Å². The Bertz CT molecular complexity index is 363. The first-order valence-corrected chi connectivity index (χ1v) is 6.66. The molecule has 1 aliphatic rings. The molecule has 0 unspecified atom stereocenters. The van der Waals surface area contributed by atoms with E-state index in [4.69, 9.17) is 5.73 Å². The highest BCUT2D eigenvalue weighted by molar-refractivity contribution is 9.10. The van der Waals surface area contributed by atoms with E-state index < -0.39 is 0 Å². The molecule has 0 spiro atoms. The Morgan fingerprint density at radius 2 is 2.31 bits per heavy atom. The number of nitrogen functional groups attached to an aromatic ring is 1. The largest absolute Gasteiger partial charge is 0.396 e. The van der Waals surface area contributed by atoms with Crippen molar-refractivity contribution in [2.24, 2.45) is 5.92 Å². The average molecular weight is 284 g/mol. The molecule has 0 amide bonds. The normalized spacial score (nSPS) is 15.9. The zero-order valence-electron chi connectivity index (χ0n) is 9.62. The van der Waals surface area contributed by atoms with Crippen molar-refractivity contribution in [2.45, 2.75) is 26.2 Å². The van der Waals surface area contributed by atoms with Gasteiger partial charge < -0.3 is 10.6 Å². The number of nitrogens with two attached hydrogens (primary N) is 1. The Morgan fingerprint density at radius 3 is 2.81 bits per heavy atom. The van der Waals surface area contributed by atoms with Gasteiger partial charge in [0.1, 0.15) is 0 Å². The third-order valence-electron chi connectivity index (χ3n) is 3.25. The standard InChI is InChI=1S/C12H18BrN3/c1-2-16(8-9-4-3-5-9)12-11(14)6-10(13)7-15-12/h6-7,9H,2-5,8,14H2,1H3. The first-order chi connectivity index (χ1) is 7.70. The Balaban J connectivity index is 2.11. The van der Waals surface area contributed by atoms with E-state index in [1.54, 1.807) is 0 Å². The number of anilines is 2. The van der Waals surface area contributed by atoms with Gasteiger partial charge in [-0.3, -0.25) is 0 Å². The molecular formula is C12H18BrN3. The number of pyridine rings is 1. The van der Waals surface area contributed by atoms with E-state index in [1.165, 1.54) is 19.3 Å². The highest BCUT2D eigenvalue weighted by Crippen LogP contribution is 2.30. The second kappa shape index (κ2) is 5.04. The van der Waals surface area contributed by atoms with E-state index in [2.05, 4.69) is 32.7 Å². The van der Waals surface area contributed by atoms with Crippen LogP contribution >= 0.6 is 15.9 Å². The summed E-state index contributed by atoms with van der Waals surface area (Å²) in [5.74, 6) is 1.77. The third-order valence-corrected chi connectivity index (χ3v) is 3.68. The van der Waals surface area contributed by atoms with Gasteiger partial charge in [0, 0.05) is 23.8 Å². The molecular weight excluding hydrogens is 266 g/mol. The van der Waals surface area contributed by atoms with E-state index in [0.29, 0.717) is 0 Å². The molecule has 16 heavy (non-hydrogen) atoms. The lowest BCUT2D eigenvalue weighted by Crippen LogP contribution is -2.33. The second-order valence-electron chi connectivity index (χ2n) is 4.40. The van der Waals surface area contributed by atoms with Gasteiger partial charge >= 0.3 is 0 Å². The fourth-order valence-electron chi connectivity index (χ4n) is 2.06. The topological polar surface area (TPSA) is 42.2 Å². The molecule has 1 aromatic rings. The van der Waals surface area contributed by atoms with Crippen LogP contribution in [0.2, 0.25) is 0 Å². The zero-order chi connectivity index (χ0) is 11.5. The predicted molar refractivity (Wildman–Crippen MR) is 71.6 cm³/mol. The SMILES string of the molecule is CCN(CC1CCC1)c1ncc(Br)cc1N. The Hall–Kier alpha value is -0.770. The average Bonchev–Trinajstić information content (AvgIpc) is 2.18. The molecule has 0 bridgehead atoms. The number of rotatable bonds is 4. The lowest BCUT2D eigenvalue weighted by Gasteiger charge is -2.32. The Kier molecular flexibility index (Phi) is 3.69. The second-order valence-corrected chi connectivity index (χ2v) is 5.32. The molecule has 0 aliphatic heterocycles. The fraction of sp³-hybridized carbons (Fsp3) is 0.583. The van der Waals surface area contributed by atoms with Gasteiger partial charge in [-0.2, -0.15) is 0 Å². The minimum Gasteiger partial charge on any atom is -0.396 e. The van der Waals surface area contributed by atoms with Gasteiger partial charge in [-0.15, -0.1) is 0 Å². The van der Waals surface area contributed by atoms with E-state index in [0.717, 1.165) is 35.0 Å². The van der Waals surface area contributed by atoms with Gasteiger partial charge in [0.2, 0.25) is 0 Å². The third kappa shape index (κ3) is 2.48. The van der Waals surface area contributed by atoms with Gasteiger partial charge in [-0.25, -0.2) is 4.98 Å². The number of halogens is 1. The van der Waals surface area contributed by atoms with E-state index in [9.17, 15) is 0 Å². The lowest BCUT2D eigenvalue weighted by atomic mass is 9.85. The monoisotopic (exact) mass is 283 g/mol. The first kappa shape index (κ1) is 11.7. The minimum atomic E-state index is 0.760. The molecule has 0 radical (unpaired) electrons. The van der Waals surface area contributed by atoms with Crippen molar-refractivity contribution in [3.63, 3.8) is 0 Å². The lowest BCUT2D eigenvalue weighted by molar-refractivity contribution is 0.318. The summed E-state index contributed by atoms with van der Waals surface area (Å²) in [5, 5.41) is 0. The van der Waals surface area contributed by atoms with Gasteiger partial charge in [0.15, 0.2) is 5.82 Å². The van der Waals surface area contributed by atoms with Crippen molar-refractivity contribution in [1.82, 2.24) is 4.98 Å². The Morgan fingerprint density at radius 1 is 1.56 bits per heavy atom. The predicted octanol–water partition coefficient (Wildman–Crippen LogP) is 3.05. The van der Waals surface area contributed by atoms with Crippen LogP contribution in [-0.2, 0) is 0 Å². The highest BCUT2D eigenvalue weighted by atomic mass is 79.9. The van der Waals surface area contributed by atoms with Crippen molar-refractivity contribution in [1.29, 1.82) is 0 Å². The summed E-state index contributed by atoms with van der Waals surface area (Å²) in [6.45, 7) is 4.21. The smallest absolute Gasteiger partial charge is 0.151 e. The maximum atomic E-state index is 6.00. The molecule has 0 aromatic carbocycles. The van der Waals surface area contributed by atoms with Gasteiger partial charge in [-0.1, -0.05) is 6.42 Å². The summed E-state index contributed by atoms with van der Waals surface area (Å²) in [6.07, 6.45) is 5.90. The van der Waals surface area contributed by atoms with Crippen molar-refractivity contribution in [3.8, 4) is 0 Å². The molecule has 3 nitrogen and oxygen atoms in total. The molecule has 1 fully saturated rings. The molecule has 1 saturated carbocycles. The van der Waals surface area contributed by atoms with Crippen LogP contribution in [-0.4, -0.2) is 18.1 Å². The summed E-state index contributed by atoms with van der Waals surface area (Å²) in [5.41, 5.74) is 6.76. The zero-order valence-corrected chi connectivity index (χ0v) is 11.2. The van der Waals surface area contributed by atoms with Crippen LogP contribution in [0.25, 0.3) is 0 Å². The van der Waals surface area contributed by atoms with Crippen molar-refractivity contribution < 1.29 is 0 Å². The van der Waals surface area contributed by atoms with Crippen LogP contribution in [0.4, 0.5) is 11.5 Å². The quantitative estimate of drug-likeness (QED) is 0.924. The summed E-state index contributed by atoms with van der Waals surface area (Å²) >= 11 is 3.38. The van der Waals surface area contributed by atoms with Crippen LogP contribution in [0.3, 0.4) is 0 Å². The molecule has 1 heterocycles. The summed E-state index contributed by atoms with van der Waals surface area (Å²) in [6, 6.07) is 1.92.